The standard InChI is InChI=1S/C27H34F3N3O4/c1-8-21(36-18-10-12-22(32-15-18)27(29,30)14-16(2)3)24(34)33-23(31-7)17-9-11-19(20(28)13-17)25(35)37-26(4,5)6/h9-13,15-16,21H,8,14H2,1-7H3,(H,31,33,34)/t21-/m1/s1. The molecule has 0 saturated carbocycles. The Morgan fingerprint density at radius 1 is 1.14 bits per heavy atom. The predicted octanol–water partition coefficient (Wildman–Crippen LogP) is 5.66. The highest BCUT2D eigenvalue weighted by Gasteiger charge is 2.34. The fourth-order valence-electron chi connectivity index (χ4n) is 3.39. The molecule has 10 heteroatoms. The first-order valence-corrected chi connectivity index (χ1v) is 12.0. The van der Waals surface area contributed by atoms with Crippen LogP contribution in [0.1, 0.15) is 76.0 Å². The molecule has 7 nitrogen and oxygen atoms in total. The average Bonchev–Trinajstić information content (AvgIpc) is 2.79. The molecule has 37 heavy (non-hydrogen) atoms. The number of ether oxygens (including phenoxy) is 2. The molecule has 0 radical (unpaired) electrons. The third-order valence-corrected chi connectivity index (χ3v) is 5.04. The van der Waals surface area contributed by atoms with Crippen molar-refractivity contribution in [1.82, 2.24) is 10.3 Å². The average molecular weight is 522 g/mol. The van der Waals surface area contributed by atoms with Crippen LogP contribution in [0.25, 0.3) is 0 Å². The summed E-state index contributed by atoms with van der Waals surface area (Å²) >= 11 is 0. The maximum atomic E-state index is 14.7. The summed E-state index contributed by atoms with van der Waals surface area (Å²) in [5, 5.41) is 2.59. The molecule has 1 heterocycles. The van der Waals surface area contributed by atoms with Gasteiger partial charge in [-0.15, -0.1) is 0 Å². The molecule has 1 aromatic heterocycles. The smallest absolute Gasteiger partial charge is 0.341 e. The Hall–Kier alpha value is -3.43. The molecule has 0 spiro atoms. The second kappa shape index (κ2) is 12.2. The summed E-state index contributed by atoms with van der Waals surface area (Å²) in [5.74, 6) is -5.29. The molecular weight excluding hydrogens is 487 g/mol. The van der Waals surface area contributed by atoms with Crippen molar-refractivity contribution in [1.29, 1.82) is 0 Å². The Kier molecular flexibility index (Phi) is 9.83. The monoisotopic (exact) mass is 521 g/mol. The van der Waals surface area contributed by atoms with Gasteiger partial charge in [-0.3, -0.25) is 14.8 Å². The van der Waals surface area contributed by atoms with E-state index in [0.717, 1.165) is 12.3 Å². The van der Waals surface area contributed by atoms with E-state index in [1.54, 1.807) is 41.5 Å². The lowest BCUT2D eigenvalue weighted by atomic mass is 10.0. The first kappa shape index (κ1) is 29.8. The number of alkyl halides is 2. The van der Waals surface area contributed by atoms with Crippen molar-refractivity contribution < 1.29 is 32.2 Å². The number of aliphatic imine (C=N–C) groups is 1. The van der Waals surface area contributed by atoms with Crippen LogP contribution in [-0.4, -0.2) is 41.4 Å². The van der Waals surface area contributed by atoms with Gasteiger partial charge in [-0.1, -0.05) is 26.8 Å². The van der Waals surface area contributed by atoms with Gasteiger partial charge in [-0.25, -0.2) is 9.18 Å². The number of nitrogens with one attached hydrogen (secondary N) is 1. The lowest BCUT2D eigenvalue weighted by Crippen LogP contribution is -2.41. The number of carbonyl (C=O) groups excluding carboxylic acids is 2. The topological polar surface area (TPSA) is 89.9 Å². The highest BCUT2D eigenvalue weighted by Crippen LogP contribution is 2.33. The molecule has 202 valence electrons. The molecule has 0 bridgehead atoms. The van der Waals surface area contributed by atoms with Gasteiger partial charge in [0, 0.05) is 19.0 Å². The van der Waals surface area contributed by atoms with Crippen LogP contribution in [-0.2, 0) is 15.5 Å². The summed E-state index contributed by atoms with van der Waals surface area (Å²) in [5.41, 5.74) is -1.17. The predicted molar refractivity (Wildman–Crippen MR) is 134 cm³/mol. The van der Waals surface area contributed by atoms with Crippen molar-refractivity contribution in [2.75, 3.05) is 7.05 Å². The van der Waals surface area contributed by atoms with E-state index in [9.17, 15) is 22.8 Å². The Labute approximate surface area is 215 Å². The summed E-state index contributed by atoms with van der Waals surface area (Å²) in [6, 6.07) is 6.28. The second-order valence-electron chi connectivity index (χ2n) is 9.95. The minimum atomic E-state index is -3.07. The van der Waals surface area contributed by atoms with E-state index in [0.29, 0.717) is 0 Å². The molecule has 2 rings (SSSR count). The summed E-state index contributed by atoms with van der Waals surface area (Å²) in [4.78, 5) is 32.9. The van der Waals surface area contributed by atoms with Crippen molar-refractivity contribution in [3.8, 4) is 5.75 Å². The van der Waals surface area contributed by atoms with Crippen LogP contribution >= 0.6 is 0 Å². The fourth-order valence-corrected chi connectivity index (χ4v) is 3.39. The van der Waals surface area contributed by atoms with Crippen LogP contribution in [0.4, 0.5) is 13.2 Å². The van der Waals surface area contributed by atoms with Gasteiger partial charge in [-0.2, -0.15) is 8.78 Å². The number of pyridine rings is 1. The van der Waals surface area contributed by atoms with Gasteiger partial charge in [0.25, 0.3) is 11.8 Å². The van der Waals surface area contributed by atoms with Crippen LogP contribution in [0.2, 0.25) is 0 Å². The zero-order valence-corrected chi connectivity index (χ0v) is 22.2. The van der Waals surface area contributed by atoms with Crippen LogP contribution in [0.15, 0.2) is 41.5 Å². The highest BCUT2D eigenvalue weighted by atomic mass is 19.3. The zero-order chi connectivity index (χ0) is 28.0. The zero-order valence-electron chi connectivity index (χ0n) is 22.2. The number of hydrogen-bond donors (Lipinski definition) is 1. The van der Waals surface area contributed by atoms with Crippen molar-refractivity contribution in [2.24, 2.45) is 10.9 Å². The van der Waals surface area contributed by atoms with E-state index in [4.69, 9.17) is 9.47 Å². The van der Waals surface area contributed by atoms with E-state index < -0.39 is 35.3 Å². The number of nitrogens with zero attached hydrogens (tertiary/aromatic N) is 2. The molecule has 0 fully saturated rings. The highest BCUT2D eigenvalue weighted by molar-refractivity contribution is 6.09. The maximum absolute atomic E-state index is 14.7. The Morgan fingerprint density at radius 2 is 1.81 bits per heavy atom. The molecule has 1 aromatic carbocycles. The van der Waals surface area contributed by atoms with Crippen molar-refractivity contribution >= 4 is 17.7 Å². The number of aromatic nitrogens is 1. The van der Waals surface area contributed by atoms with Crippen LogP contribution in [0, 0.1) is 11.7 Å². The van der Waals surface area contributed by atoms with Gasteiger partial charge in [-0.05, 0) is 57.4 Å². The van der Waals surface area contributed by atoms with Crippen LogP contribution in [0.5, 0.6) is 5.75 Å². The second-order valence-corrected chi connectivity index (χ2v) is 9.95. The van der Waals surface area contributed by atoms with E-state index in [2.05, 4.69) is 15.3 Å². The summed E-state index contributed by atoms with van der Waals surface area (Å²) in [6.45, 7) is 10.1. The van der Waals surface area contributed by atoms with Crippen molar-refractivity contribution in [2.45, 2.75) is 72.0 Å². The third kappa shape index (κ3) is 8.58. The first-order valence-electron chi connectivity index (χ1n) is 12.0. The lowest BCUT2D eigenvalue weighted by Gasteiger charge is -2.20. The molecule has 1 N–H and O–H groups in total. The number of hydrogen-bond acceptors (Lipinski definition) is 6. The number of amides is 1. The summed E-state index contributed by atoms with van der Waals surface area (Å²) < 4.78 is 54.1. The van der Waals surface area contributed by atoms with Gasteiger partial charge >= 0.3 is 5.97 Å². The Morgan fingerprint density at radius 3 is 2.30 bits per heavy atom. The number of rotatable bonds is 9. The molecule has 0 aliphatic rings. The quantitative estimate of drug-likeness (QED) is 0.261. The Bertz CT molecular complexity index is 1130. The molecule has 0 saturated heterocycles. The summed E-state index contributed by atoms with van der Waals surface area (Å²) in [7, 11) is 1.41. The van der Waals surface area contributed by atoms with Gasteiger partial charge in [0.05, 0.1) is 11.8 Å². The van der Waals surface area contributed by atoms with E-state index >= 15 is 0 Å². The van der Waals surface area contributed by atoms with Crippen molar-refractivity contribution in [3.63, 3.8) is 0 Å². The lowest BCUT2D eigenvalue weighted by molar-refractivity contribution is -0.126. The third-order valence-electron chi connectivity index (χ3n) is 5.04. The number of esters is 1. The largest absolute Gasteiger partial charge is 0.479 e. The normalized spacial score (nSPS) is 13.3. The maximum Gasteiger partial charge on any atom is 0.341 e. The minimum absolute atomic E-state index is 0.0588. The fraction of sp³-hybridized carbons (Fsp3) is 0.481. The first-order chi connectivity index (χ1) is 17.2. The van der Waals surface area contributed by atoms with Crippen LogP contribution < -0.4 is 10.1 Å². The molecular formula is C27H34F3N3O4. The van der Waals surface area contributed by atoms with Gasteiger partial charge in [0.1, 0.15) is 28.7 Å². The molecule has 1 atom stereocenters. The van der Waals surface area contributed by atoms with Crippen LogP contribution in [0.3, 0.4) is 0 Å². The van der Waals surface area contributed by atoms with E-state index in [1.807, 2.05) is 0 Å². The van der Waals surface area contributed by atoms with Gasteiger partial charge in [0.15, 0.2) is 6.10 Å². The van der Waals surface area contributed by atoms with Crippen molar-refractivity contribution in [3.05, 3.63) is 59.2 Å². The molecule has 0 aliphatic heterocycles. The number of amidine groups is 1. The number of benzene rings is 1. The van der Waals surface area contributed by atoms with E-state index in [1.165, 1.54) is 31.3 Å². The van der Waals surface area contributed by atoms with Gasteiger partial charge in [0.2, 0.25) is 0 Å². The Balaban J connectivity index is 2.12. The van der Waals surface area contributed by atoms with E-state index in [-0.39, 0.29) is 47.2 Å². The number of halogens is 3. The molecule has 1 amide bonds. The molecule has 0 aliphatic carbocycles. The minimum Gasteiger partial charge on any atom is -0.479 e. The van der Waals surface area contributed by atoms with Gasteiger partial charge < -0.3 is 14.8 Å². The summed E-state index contributed by atoms with van der Waals surface area (Å²) in [6.07, 6.45) is 0.0732. The molecule has 2 aromatic rings. The number of carbonyl (C=O) groups is 2. The molecule has 0 unspecified atom stereocenters. The SMILES string of the molecule is CC[C@@H](Oc1ccc(C(F)(F)CC(C)C)nc1)C(=O)N/C(=N\C)c1ccc(C(=O)OC(C)(C)C)c(F)c1.